The zero-order valence-electron chi connectivity index (χ0n) is 8.05. The molecule has 0 aliphatic carbocycles. The molecule has 1 aromatic carbocycles. The molecule has 0 aromatic heterocycles. The highest BCUT2D eigenvalue weighted by Crippen LogP contribution is 2.18. The van der Waals surface area contributed by atoms with Crippen LogP contribution < -0.4 is 0 Å². The van der Waals surface area contributed by atoms with Crippen molar-refractivity contribution in [3.63, 3.8) is 0 Å². The molecule has 0 saturated heterocycles. The minimum absolute atomic E-state index is 0.0881. The van der Waals surface area contributed by atoms with Crippen molar-refractivity contribution in [2.75, 3.05) is 14.1 Å². The summed E-state index contributed by atoms with van der Waals surface area (Å²) in [5.41, 5.74) is 0.983. The lowest BCUT2D eigenvalue weighted by atomic mass is 10.1. The fraction of sp³-hybridized carbons (Fsp3) is 0.300. The van der Waals surface area contributed by atoms with E-state index in [1.165, 1.54) is 0 Å². The SMILES string of the molecule is CN(C)C(=O)Cc1cc(Cl)ccc1I. The predicted molar refractivity (Wildman–Crippen MR) is 66.6 cm³/mol. The number of benzene rings is 1. The molecular formula is C10H11ClINO. The summed E-state index contributed by atoms with van der Waals surface area (Å²) in [6.45, 7) is 0. The van der Waals surface area contributed by atoms with Gasteiger partial charge in [0.2, 0.25) is 5.91 Å². The van der Waals surface area contributed by atoms with Crippen molar-refractivity contribution in [2.45, 2.75) is 6.42 Å². The van der Waals surface area contributed by atoms with Gasteiger partial charge in [0, 0.05) is 22.7 Å². The highest BCUT2D eigenvalue weighted by Gasteiger charge is 2.08. The summed E-state index contributed by atoms with van der Waals surface area (Å²) in [5.74, 6) is 0.0881. The third-order valence-electron chi connectivity index (χ3n) is 1.85. The maximum Gasteiger partial charge on any atom is 0.226 e. The van der Waals surface area contributed by atoms with Crippen molar-refractivity contribution >= 4 is 40.1 Å². The van der Waals surface area contributed by atoms with E-state index in [9.17, 15) is 4.79 Å². The first kappa shape index (κ1) is 11.8. The molecule has 0 bridgehead atoms. The van der Waals surface area contributed by atoms with E-state index in [-0.39, 0.29) is 5.91 Å². The summed E-state index contributed by atoms with van der Waals surface area (Å²) in [5, 5.41) is 0.673. The molecule has 76 valence electrons. The Hall–Kier alpha value is -0.290. The van der Waals surface area contributed by atoms with Crippen LogP contribution in [-0.2, 0) is 11.2 Å². The van der Waals surface area contributed by atoms with E-state index in [0.29, 0.717) is 11.4 Å². The Morgan fingerprint density at radius 2 is 2.14 bits per heavy atom. The summed E-state index contributed by atoms with van der Waals surface area (Å²) >= 11 is 8.06. The topological polar surface area (TPSA) is 20.3 Å². The van der Waals surface area contributed by atoms with Crippen molar-refractivity contribution in [1.29, 1.82) is 0 Å². The third-order valence-corrected chi connectivity index (χ3v) is 3.14. The lowest BCUT2D eigenvalue weighted by molar-refractivity contribution is -0.127. The summed E-state index contributed by atoms with van der Waals surface area (Å²) in [6, 6.07) is 5.58. The molecule has 0 unspecified atom stereocenters. The first-order valence-electron chi connectivity index (χ1n) is 4.15. The molecule has 0 spiro atoms. The molecule has 0 heterocycles. The summed E-state index contributed by atoms with van der Waals surface area (Å²) in [6.07, 6.45) is 0.409. The number of carbonyl (C=O) groups is 1. The van der Waals surface area contributed by atoms with Gasteiger partial charge in [0.25, 0.3) is 0 Å². The molecule has 2 nitrogen and oxygen atoms in total. The van der Waals surface area contributed by atoms with Crippen LogP contribution in [0.2, 0.25) is 5.02 Å². The van der Waals surface area contributed by atoms with E-state index in [4.69, 9.17) is 11.6 Å². The van der Waals surface area contributed by atoms with Crippen molar-refractivity contribution in [2.24, 2.45) is 0 Å². The van der Waals surface area contributed by atoms with E-state index < -0.39 is 0 Å². The molecule has 0 fully saturated rings. The van der Waals surface area contributed by atoms with Crippen LogP contribution in [0.3, 0.4) is 0 Å². The largest absolute Gasteiger partial charge is 0.349 e. The minimum Gasteiger partial charge on any atom is -0.349 e. The van der Waals surface area contributed by atoms with Gasteiger partial charge in [-0.15, -0.1) is 0 Å². The van der Waals surface area contributed by atoms with Gasteiger partial charge in [0.1, 0.15) is 0 Å². The van der Waals surface area contributed by atoms with Gasteiger partial charge in [-0.05, 0) is 46.4 Å². The Bertz CT molecular complexity index is 352. The molecule has 0 atom stereocenters. The quantitative estimate of drug-likeness (QED) is 0.766. The summed E-state index contributed by atoms with van der Waals surface area (Å²) < 4.78 is 1.07. The number of hydrogen-bond acceptors (Lipinski definition) is 1. The van der Waals surface area contributed by atoms with Crippen LogP contribution in [0, 0.1) is 3.57 Å². The molecular weight excluding hydrogens is 312 g/mol. The van der Waals surface area contributed by atoms with Crippen LogP contribution in [-0.4, -0.2) is 24.9 Å². The third kappa shape index (κ3) is 3.13. The first-order valence-corrected chi connectivity index (χ1v) is 5.60. The smallest absolute Gasteiger partial charge is 0.226 e. The Balaban J connectivity index is 2.86. The van der Waals surface area contributed by atoms with Crippen LogP contribution in [0.5, 0.6) is 0 Å². The lowest BCUT2D eigenvalue weighted by Gasteiger charge is -2.11. The molecule has 0 N–H and O–H groups in total. The molecule has 0 aliphatic rings. The van der Waals surface area contributed by atoms with Gasteiger partial charge < -0.3 is 4.90 Å². The zero-order chi connectivity index (χ0) is 10.7. The Kier molecular flexibility index (Phi) is 4.19. The van der Waals surface area contributed by atoms with E-state index >= 15 is 0 Å². The maximum absolute atomic E-state index is 11.5. The van der Waals surface area contributed by atoms with E-state index in [1.807, 2.05) is 18.2 Å². The maximum atomic E-state index is 11.5. The average molecular weight is 324 g/mol. The van der Waals surface area contributed by atoms with Crippen LogP contribution in [0.4, 0.5) is 0 Å². The molecule has 1 amide bonds. The minimum atomic E-state index is 0.0881. The van der Waals surface area contributed by atoms with E-state index in [1.54, 1.807) is 19.0 Å². The first-order chi connectivity index (χ1) is 6.50. The van der Waals surface area contributed by atoms with Crippen LogP contribution in [0.1, 0.15) is 5.56 Å². The highest BCUT2D eigenvalue weighted by molar-refractivity contribution is 14.1. The summed E-state index contributed by atoms with van der Waals surface area (Å²) in [7, 11) is 3.50. The van der Waals surface area contributed by atoms with Crippen molar-refractivity contribution in [1.82, 2.24) is 4.90 Å². The molecule has 0 saturated carbocycles. The Morgan fingerprint density at radius 3 is 2.71 bits per heavy atom. The zero-order valence-corrected chi connectivity index (χ0v) is 11.0. The number of amides is 1. The fourth-order valence-corrected chi connectivity index (χ4v) is 1.72. The Morgan fingerprint density at radius 1 is 1.50 bits per heavy atom. The number of carbonyl (C=O) groups excluding carboxylic acids is 1. The van der Waals surface area contributed by atoms with Gasteiger partial charge >= 0.3 is 0 Å². The van der Waals surface area contributed by atoms with Gasteiger partial charge in [-0.3, -0.25) is 4.79 Å². The van der Waals surface area contributed by atoms with Crippen molar-refractivity contribution in [3.8, 4) is 0 Å². The second kappa shape index (κ2) is 4.98. The van der Waals surface area contributed by atoms with Crippen LogP contribution >= 0.6 is 34.2 Å². The molecule has 4 heteroatoms. The van der Waals surface area contributed by atoms with Crippen molar-refractivity contribution < 1.29 is 4.79 Å². The highest BCUT2D eigenvalue weighted by atomic mass is 127. The summed E-state index contributed by atoms with van der Waals surface area (Å²) in [4.78, 5) is 13.0. The van der Waals surface area contributed by atoms with Gasteiger partial charge in [-0.25, -0.2) is 0 Å². The molecule has 0 aliphatic heterocycles. The Labute approximate surface area is 102 Å². The average Bonchev–Trinajstić information content (AvgIpc) is 2.11. The van der Waals surface area contributed by atoms with Gasteiger partial charge in [-0.1, -0.05) is 11.6 Å². The van der Waals surface area contributed by atoms with Crippen molar-refractivity contribution in [3.05, 3.63) is 32.4 Å². The van der Waals surface area contributed by atoms with Gasteiger partial charge in [-0.2, -0.15) is 0 Å². The van der Waals surface area contributed by atoms with E-state index in [2.05, 4.69) is 22.6 Å². The molecule has 1 rings (SSSR count). The fourth-order valence-electron chi connectivity index (χ4n) is 1.000. The van der Waals surface area contributed by atoms with Crippen LogP contribution in [0.25, 0.3) is 0 Å². The second-order valence-corrected chi connectivity index (χ2v) is 4.80. The molecule has 14 heavy (non-hydrogen) atoms. The normalized spacial score (nSPS) is 10.0. The van der Waals surface area contributed by atoms with Gasteiger partial charge in [0.15, 0.2) is 0 Å². The van der Waals surface area contributed by atoms with E-state index in [0.717, 1.165) is 9.13 Å². The number of halogens is 2. The second-order valence-electron chi connectivity index (χ2n) is 3.20. The van der Waals surface area contributed by atoms with Crippen LogP contribution in [0.15, 0.2) is 18.2 Å². The molecule has 0 radical (unpaired) electrons. The monoisotopic (exact) mass is 323 g/mol. The number of nitrogens with zero attached hydrogens (tertiary/aromatic N) is 1. The standard InChI is InChI=1S/C10H11ClINO/c1-13(2)10(14)6-7-5-8(11)3-4-9(7)12/h3-5H,6H2,1-2H3. The number of rotatable bonds is 2. The number of likely N-dealkylation sites (N-methyl/N-ethyl adjacent to an activating group) is 1. The number of hydrogen-bond donors (Lipinski definition) is 0. The predicted octanol–water partition coefficient (Wildman–Crippen LogP) is 2.58. The molecule has 1 aromatic rings. The van der Waals surface area contributed by atoms with Gasteiger partial charge in [0.05, 0.1) is 6.42 Å². The lowest BCUT2D eigenvalue weighted by Crippen LogP contribution is -2.23.